The average molecular weight is 431 g/mol. The average Bonchev–Trinajstić information content (AvgIpc) is 3.27. The number of carbonyl (C=O) groups excluding carboxylic acids is 1. The second-order valence-corrected chi connectivity index (χ2v) is 7.77. The highest BCUT2D eigenvalue weighted by Crippen LogP contribution is 2.19. The van der Waals surface area contributed by atoms with Crippen LogP contribution in [-0.2, 0) is 28.8 Å². The summed E-state index contributed by atoms with van der Waals surface area (Å²) in [5.74, 6) is 1.99. The van der Waals surface area contributed by atoms with Crippen LogP contribution in [0.25, 0.3) is 0 Å². The summed E-state index contributed by atoms with van der Waals surface area (Å²) in [7, 11) is 1.67. The van der Waals surface area contributed by atoms with E-state index in [1.807, 2.05) is 24.3 Å². The van der Waals surface area contributed by atoms with Crippen molar-refractivity contribution in [3.05, 3.63) is 41.6 Å². The molecule has 2 heterocycles. The van der Waals surface area contributed by atoms with Gasteiger partial charge in [-0.3, -0.25) is 9.69 Å². The van der Waals surface area contributed by atoms with Crippen molar-refractivity contribution in [3.8, 4) is 5.75 Å². The van der Waals surface area contributed by atoms with E-state index in [1.165, 1.54) is 0 Å². The van der Waals surface area contributed by atoms with Crippen molar-refractivity contribution in [2.24, 2.45) is 0 Å². The third-order valence-corrected chi connectivity index (χ3v) is 5.45. The fraction of sp³-hybridized carbons (Fsp3) is 0.609. The second-order valence-electron chi connectivity index (χ2n) is 7.77. The van der Waals surface area contributed by atoms with Crippen molar-refractivity contribution >= 4 is 5.91 Å². The van der Waals surface area contributed by atoms with Crippen molar-refractivity contribution in [3.63, 3.8) is 0 Å². The van der Waals surface area contributed by atoms with E-state index < -0.39 is 0 Å². The number of rotatable bonds is 13. The van der Waals surface area contributed by atoms with E-state index in [-0.39, 0.29) is 5.91 Å². The van der Waals surface area contributed by atoms with Crippen molar-refractivity contribution in [2.45, 2.75) is 44.9 Å². The van der Waals surface area contributed by atoms with Gasteiger partial charge in [0.2, 0.25) is 17.7 Å². The number of para-hydroxylation sites is 1. The van der Waals surface area contributed by atoms with E-state index >= 15 is 0 Å². The Hall–Kier alpha value is -2.45. The standard InChI is InChI=1S/C23H34N4O4/c1-29-20-8-4-3-7-19(20)9-11-22-25-26-23(31-22)12-10-21(28)24-13-5-2-6-14-27-15-17-30-18-16-27/h3-4,7-8H,2,5-6,9-18H2,1H3,(H,24,28). The fourth-order valence-electron chi connectivity index (χ4n) is 3.64. The Morgan fingerprint density at radius 3 is 2.65 bits per heavy atom. The Kier molecular flexibility index (Phi) is 9.79. The summed E-state index contributed by atoms with van der Waals surface area (Å²) < 4.78 is 16.4. The minimum atomic E-state index is 0.0296. The molecular weight excluding hydrogens is 396 g/mol. The number of nitrogens with zero attached hydrogens (tertiary/aromatic N) is 3. The Balaban J connectivity index is 1.25. The molecule has 1 fully saturated rings. The molecule has 0 aliphatic carbocycles. The van der Waals surface area contributed by atoms with Crippen LogP contribution in [0.4, 0.5) is 0 Å². The first-order chi connectivity index (χ1) is 15.2. The monoisotopic (exact) mass is 430 g/mol. The lowest BCUT2D eigenvalue weighted by Crippen LogP contribution is -2.36. The van der Waals surface area contributed by atoms with Crippen LogP contribution in [0.3, 0.4) is 0 Å². The molecule has 3 rings (SSSR count). The minimum Gasteiger partial charge on any atom is -0.496 e. The van der Waals surface area contributed by atoms with Crippen LogP contribution in [0.1, 0.15) is 43.0 Å². The summed E-state index contributed by atoms with van der Waals surface area (Å²) in [5.41, 5.74) is 1.11. The number of hydrogen-bond donors (Lipinski definition) is 1. The zero-order valence-electron chi connectivity index (χ0n) is 18.5. The molecule has 0 spiro atoms. The van der Waals surface area contributed by atoms with Crippen LogP contribution in [0, 0.1) is 0 Å². The van der Waals surface area contributed by atoms with Gasteiger partial charge in [0.15, 0.2) is 0 Å². The van der Waals surface area contributed by atoms with Gasteiger partial charge in [0, 0.05) is 38.9 Å². The van der Waals surface area contributed by atoms with Gasteiger partial charge in [-0.1, -0.05) is 24.6 Å². The fourth-order valence-corrected chi connectivity index (χ4v) is 3.64. The molecule has 0 radical (unpaired) electrons. The van der Waals surface area contributed by atoms with Gasteiger partial charge in [0.05, 0.1) is 20.3 Å². The van der Waals surface area contributed by atoms with Gasteiger partial charge in [-0.15, -0.1) is 10.2 Å². The number of unbranched alkanes of at least 4 members (excludes halogenated alkanes) is 2. The molecular formula is C23H34N4O4. The predicted molar refractivity (Wildman–Crippen MR) is 117 cm³/mol. The zero-order valence-corrected chi connectivity index (χ0v) is 18.5. The van der Waals surface area contributed by atoms with Gasteiger partial charge in [-0.2, -0.15) is 0 Å². The third-order valence-electron chi connectivity index (χ3n) is 5.45. The lowest BCUT2D eigenvalue weighted by Gasteiger charge is -2.26. The van der Waals surface area contributed by atoms with Crippen molar-refractivity contribution in [1.29, 1.82) is 0 Å². The summed E-state index contributed by atoms with van der Waals surface area (Å²) >= 11 is 0. The van der Waals surface area contributed by atoms with E-state index in [9.17, 15) is 4.79 Å². The van der Waals surface area contributed by atoms with Gasteiger partial charge in [0.25, 0.3) is 0 Å². The first-order valence-electron chi connectivity index (χ1n) is 11.2. The molecule has 31 heavy (non-hydrogen) atoms. The van der Waals surface area contributed by atoms with Crippen molar-refractivity contribution in [1.82, 2.24) is 20.4 Å². The van der Waals surface area contributed by atoms with E-state index in [0.29, 0.717) is 31.0 Å². The van der Waals surface area contributed by atoms with Crippen LogP contribution < -0.4 is 10.1 Å². The Labute approximate surface area is 184 Å². The number of nitrogens with one attached hydrogen (secondary N) is 1. The summed E-state index contributed by atoms with van der Waals surface area (Å²) in [5, 5.41) is 11.1. The van der Waals surface area contributed by atoms with E-state index in [1.54, 1.807) is 7.11 Å². The number of ether oxygens (including phenoxy) is 2. The van der Waals surface area contributed by atoms with Gasteiger partial charge in [-0.05, 0) is 37.4 Å². The number of hydrogen-bond acceptors (Lipinski definition) is 7. The van der Waals surface area contributed by atoms with Crippen LogP contribution >= 0.6 is 0 Å². The van der Waals surface area contributed by atoms with Crippen molar-refractivity contribution in [2.75, 3.05) is 46.5 Å². The maximum atomic E-state index is 12.0. The van der Waals surface area contributed by atoms with E-state index in [0.717, 1.165) is 76.4 Å². The topological polar surface area (TPSA) is 89.7 Å². The molecule has 1 saturated heterocycles. The van der Waals surface area contributed by atoms with Crippen LogP contribution in [0.15, 0.2) is 28.7 Å². The number of morpholine rings is 1. The second kappa shape index (κ2) is 13.1. The Morgan fingerprint density at radius 2 is 1.84 bits per heavy atom. The molecule has 1 N–H and O–H groups in total. The molecule has 0 saturated carbocycles. The number of amides is 1. The largest absolute Gasteiger partial charge is 0.496 e. The highest BCUT2D eigenvalue weighted by molar-refractivity contribution is 5.75. The number of aromatic nitrogens is 2. The maximum Gasteiger partial charge on any atom is 0.220 e. The lowest BCUT2D eigenvalue weighted by atomic mass is 10.1. The van der Waals surface area contributed by atoms with Gasteiger partial charge in [-0.25, -0.2) is 0 Å². The molecule has 0 bridgehead atoms. The molecule has 0 unspecified atom stereocenters. The highest BCUT2D eigenvalue weighted by atomic mass is 16.5. The third kappa shape index (κ3) is 8.30. The van der Waals surface area contributed by atoms with E-state index in [4.69, 9.17) is 13.9 Å². The van der Waals surface area contributed by atoms with Gasteiger partial charge < -0.3 is 19.2 Å². The lowest BCUT2D eigenvalue weighted by molar-refractivity contribution is -0.121. The summed E-state index contributed by atoms with van der Waals surface area (Å²) in [6.07, 6.45) is 5.52. The summed E-state index contributed by atoms with van der Waals surface area (Å²) in [6, 6.07) is 7.91. The molecule has 8 nitrogen and oxygen atoms in total. The molecule has 8 heteroatoms. The minimum absolute atomic E-state index is 0.0296. The predicted octanol–water partition coefficient (Wildman–Crippen LogP) is 2.41. The normalized spacial score (nSPS) is 14.5. The number of benzene rings is 1. The number of aryl methyl sites for hydroxylation is 3. The molecule has 170 valence electrons. The van der Waals surface area contributed by atoms with Crippen molar-refractivity contribution < 1.29 is 18.7 Å². The quantitative estimate of drug-likeness (QED) is 0.488. The molecule has 1 amide bonds. The van der Waals surface area contributed by atoms with Gasteiger partial charge in [0.1, 0.15) is 5.75 Å². The smallest absolute Gasteiger partial charge is 0.220 e. The van der Waals surface area contributed by atoms with Crippen LogP contribution in [-0.4, -0.2) is 67.5 Å². The zero-order chi connectivity index (χ0) is 21.7. The number of carbonyl (C=O) groups is 1. The summed E-state index contributed by atoms with van der Waals surface area (Å²) in [4.78, 5) is 14.5. The molecule has 1 aromatic carbocycles. The molecule has 1 aromatic heterocycles. The Bertz CT molecular complexity index is 789. The van der Waals surface area contributed by atoms with Crippen LogP contribution in [0.2, 0.25) is 0 Å². The van der Waals surface area contributed by atoms with E-state index in [2.05, 4.69) is 20.4 Å². The molecule has 1 aliphatic heterocycles. The number of methoxy groups -OCH3 is 1. The first kappa shape index (κ1) is 23.2. The maximum absolute atomic E-state index is 12.0. The first-order valence-corrected chi connectivity index (χ1v) is 11.2. The SMILES string of the molecule is COc1ccccc1CCc1nnc(CCC(=O)NCCCCCN2CCOCC2)o1. The summed E-state index contributed by atoms with van der Waals surface area (Å²) in [6.45, 7) is 5.60. The highest BCUT2D eigenvalue weighted by Gasteiger charge is 2.11. The Morgan fingerprint density at radius 1 is 1.06 bits per heavy atom. The molecule has 1 aliphatic rings. The van der Waals surface area contributed by atoms with Gasteiger partial charge >= 0.3 is 0 Å². The molecule has 2 aromatic rings. The van der Waals surface area contributed by atoms with Crippen LogP contribution in [0.5, 0.6) is 5.75 Å². The molecule has 0 atom stereocenters.